The van der Waals surface area contributed by atoms with Crippen LogP contribution in [0.3, 0.4) is 0 Å². The number of nitrogens with one attached hydrogen (secondary N) is 2. The fourth-order valence-corrected chi connectivity index (χ4v) is 2.92. The fraction of sp³-hybridized carbons (Fsp3) is 0.125. The average Bonchev–Trinajstić information content (AvgIpc) is 3.06. The van der Waals surface area contributed by atoms with E-state index in [0.29, 0.717) is 17.1 Å². The van der Waals surface area contributed by atoms with Crippen molar-refractivity contribution in [2.75, 3.05) is 12.5 Å². The van der Waals surface area contributed by atoms with Crippen molar-refractivity contribution < 1.29 is 19.1 Å². The van der Waals surface area contributed by atoms with E-state index < -0.39 is 5.91 Å². The van der Waals surface area contributed by atoms with Crippen molar-refractivity contribution in [3.8, 4) is 11.5 Å². The molecule has 0 saturated carbocycles. The first-order valence-electron chi connectivity index (χ1n) is 6.99. The number of carbonyl (C=O) groups excluding carboxylic acids is 2. The number of halogens is 1. The molecule has 1 aliphatic heterocycles. The number of fused-ring (bicyclic) bond motifs is 1. The minimum absolute atomic E-state index is 0.143. The SMILES string of the molecule is O=C(CSc1ccc(Br)cc1)NNC(=O)c1ccc2c(c1)OCO2. The van der Waals surface area contributed by atoms with Gasteiger partial charge in [-0.25, -0.2) is 0 Å². The highest BCUT2D eigenvalue weighted by atomic mass is 79.9. The molecule has 1 aliphatic rings. The Balaban J connectivity index is 1.47. The summed E-state index contributed by atoms with van der Waals surface area (Å²) >= 11 is 4.73. The monoisotopic (exact) mass is 408 g/mol. The summed E-state index contributed by atoms with van der Waals surface area (Å²) in [5, 5.41) is 0. The van der Waals surface area contributed by atoms with Crippen molar-refractivity contribution in [1.82, 2.24) is 10.9 Å². The molecule has 0 bridgehead atoms. The highest BCUT2D eigenvalue weighted by Gasteiger charge is 2.16. The van der Waals surface area contributed by atoms with Crippen LogP contribution in [0.5, 0.6) is 11.5 Å². The molecular formula is C16H13BrN2O4S. The molecule has 24 heavy (non-hydrogen) atoms. The van der Waals surface area contributed by atoms with Gasteiger partial charge in [0.15, 0.2) is 11.5 Å². The smallest absolute Gasteiger partial charge is 0.269 e. The van der Waals surface area contributed by atoms with Gasteiger partial charge in [0.05, 0.1) is 5.75 Å². The number of hydrazine groups is 1. The van der Waals surface area contributed by atoms with Crippen LogP contribution in [0.4, 0.5) is 0 Å². The van der Waals surface area contributed by atoms with Crippen molar-refractivity contribution in [2.45, 2.75) is 4.90 Å². The van der Waals surface area contributed by atoms with Crippen molar-refractivity contribution >= 4 is 39.5 Å². The van der Waals surface area contributed by atoms with Crippen LogP contribution in [0, 0.1) is 0 Å². The van der Waals surface area contributed by atoms with Gasteiger partial charge in [-0.15, -0.1) is 11.8 Å². The number of ether oxygens (including phenoxy) is 2. The number of hydrogen-bond donors (Lipinski definition) is 2. The minimum Gasteiger partial charge on any atom is -0.454 e. The Kier molecular flexibility index (Phi) is 5.27. The summed E-state index contributed by atoms with van der Waals surface area (Å²) < 4.78 is 11.4. The highest BCUT2D eigenvalue weighted by molar-refractivity contribution is 9.10. The summed E-state index contributed by atoms with van der Waals surface area (Å²) in [5.74, 6) is 0.594. The molecule has 0 saturated heterocycles. The average molecular weight is 409 g/mol. The lowest BCUT2D eigenvalue weighted by atomic mass is 10.2. The molecule has 2 aromatic rings. The van der Waals surface area contributed by atoms with Gasteiger partial charge in [-0.05, 0) is 42.5 Å². The summed E-state index contributed by atoms with van der Waals surface area (Å²) in [6.45, 7) is 0.143. The Morgan fingerprint density at radius 2 is 1.79 bits per heavy atom. The molecule has 0 radical (unpaired) electrons. The standard InChI is InChI=1S/C16H13BrN2O4S/c17-11-2-4-12(5-3-11)24-8-15(20)18-19-16(21)10-1-6-13-14(7-10)23-9-22-13/h1-7H,8-9H2,(H,18,20)(H,19,21). The van der Waals surface area contributed by atoms with Gasteiger partial charge in [0.1, 0.15) is 0 Å². The van der Waals surface area contributed by atoms with Crippen molar-refractivity contribution in [3.63, 3.8) is 0 Å². The van der Waals surface area contributed by atoms with Crippen LogP contribution in [-0.2, 0) is 4.79 Å². The molecule has 124 valence electrons. The number of benzene rings is 2. The third-order valence-corrected chi connectivity index (χ3v) is 4.67. The summed E-state index contributed by atoms with van der Waals surface area (Å²) in [6, 6.07) is 12.5. The number of thioether (sulfide) groups is 1. The van der Waals surface area contributed by atoms with Gasteiger partial charge in [0, 0.05) is 14.9 Å². The number of amides is 2. The fourth-order valence-electron chi connectivity index (χ4n) is 1.95. The predicted octanol–water partition coefficient (Wildman–Crippen LogP) is 2.73. The van der Waals surface area contributed by atoms with Gasteiger partial charge in [0.2, 0.25) is 12.7 Å². The molecule has 8 heteroatoms. The van der Waals surface area contributed by atoms with Gasteiger partial charge >= 0.3 is 0 Å². The van der Waals surface area contributed by atoms with Crippen molar-refractivity contribution in [2.24, 2.45) is 0 Å². The van der Waals surface area contributed by atoms with E-state index in [1.807, 2.05) is 24.3 Å². The van der Waals surface area contributed by atoms with Gasteiger partial charge < -0.3 is 9.47 Å². The zero-order valence-electron chi connectivity index (χ0n) is 12.4. The van der Waals surface area contributed by atoms with Crippen LogP contribution in [0.2, 0.25) is 0 Å². The summed E-state index contributed by atoms with van der Waals surface area (Å²) in [4.78, 5) is 24.8. The van der Waals surface area contributed by atoms with Crippen LogP contribution in [0.25, 0.3) is 0 Å². The normalized spacial score (nSPS) is 11.9. The Hall–Kier alpha value is -2.19. The van der Waals surface area contributed by atoms with E-state index in [0.717, 1.165) is 9.37 Å². The second kappa shape index (κ2) is 7.59. The third-order valence-electron chi connectivity index (χ3n) is 3.13. The second-order valence-corrected chi connectivity index (χ2v) is 6.78. The van der Waals surface area contributed by atoms with Crippen LogP contribution in [0.15, 0.2) is 51.8 Å². The third kappa shape index (κ3) is 4.21. The molecule has 0 spiro atoms. The molecule has 0 aromatic heterocycles. The van der Waals surface area contributed by atoms with Crippen LogP contribution in [0.1, 0.15) is 10.4 Å². The first kappa shape index (κ1) is 16.7. The molecule has 0 aliphatic carbocycles. The quantitative estimate of drug-likeness (QED) is 0.600. The topological polar surface area (TPSA) is 76.7 Å². The Bertz CT molecular complexity index is 767. The molecule has 3 rings (SSSR count). The molecule has 6 nitrogen and oxygen atoms in total. The van der Waals surface area contributed by atoms with Crippen LogP contribution in [-0.4, -0.2) is 24.4 Å². The Morgan fingerprint density at radius 1 is 1.04 bits per heavy atom. The molecule has 2 amide bonds. The lowest BCUT2D eigenvalue weighted by Gasteiger charge is -2.08. The molecule has 0 unspecified atom stereocenters. The van der Waals surface area contributed by atoms with E-state index >= 15 is 0 Å². The largest absolute Gasteiger partial charge is 0.454 e. The van der Waals surface area contributed by atoms with E-state index in [1.54, 1.807) is 18.2 Å². The van der Waals surface area contributed by atoms with Crippen molar-refractivity contribution in [1.29, 1.82) is 0 Å². The lowest BCUT2D eigenvalue weighted by Crippen LogP contribution is -2.42. The maximum Gasteiger partial charge on any atom is 0.269 e. The minimum atomic E-state index is -0.421. The Morgan fingerprint density at radius 3 is 2.58 bits per heavy atom. The first-order chi connectivity index (χ1) is 11.6. The predicted molar refractivity (Wildman–Crippen MR) is 93.0 cm³/mol. The van der Waals surface area contributed by atoms with Crippen molar-refractivity contribution in [3.05, 3.63) is 52.5 Å². The van der Waals surface area contributed by atoms with Gasteiger partial charge in [-0.2, -0.15) is 0 Å². The number of rotatable bonds is 4. The maximum atomic E-state index is 12.0. The molecule has 1 heterocycles. The second-order valence-electron chi connectivity index (χ2n) is 4.81. The van der Waals surface area contributed by atoms with E-state index in [1.165, 1.54) is 11.8 Å². The summed E-state index contributed by atoms with van der Waals surface area (Å²) in [7, 11) is 0. The van der Waals surface area contributed by atoms with E-state index in [-0.39, 0.29) is 18.5 Å². The van der Waals surface area contributed by atoms with E-state index in [2.05, 4.69) is 26.8 Å². The number of hydrogen-bond acceptors (Lipinski definition) is 5. The van der Waals surface area contributed by atoms with Crippen LogP contribution < -0.4 is 20.3 Å². The summed E-state index contributed by atoms with van der Waals surface area (Å²) in [6.07, 6.45) is 0. The zero-order valence-corrected chi connectivity index (χ0v) is 14.8. The number of carbonyl (C=O) groups is 2. The zero-order chi connectivity index (χ0) is 16.9. The Labute approximate surface area is 151 Å². The first-order valence-corrected chi connectivity index (χ1v) is 8.77. The van der Waals surface area contributed by atoms with Gasteiger partial charge in [-0.3, -0.25) is 20.4 Å². The molecule has 0 fully saturated rings. The van der Waals surface area contributed by atoms with Gasteiger partial charge in [-0.1, -0.05) is 15.9 Å². The van der Waals surface area contributed by atoms with E-state index in [9.17, 15) is 9.59 Å². The molecule has 2 aromatic carbocycles. The van der Waals surface area contributed by atoms with Crippen LogP contribution >= 0.6 is 27.7 Å². The molecular weight excluding hydrogens is 396 g/mol. The lowest BCUT2D eigenvalue weighted by molar-refractivity contribution is -0.119. The van der Waals surface area contributed by atoms with E-state index in [4.69, 9.17) is 9.47 Å². The highest BCUT2D eigenvalue weighted by Crippen LogP contribution is 2.32. The molecule has 2 N–H and O–H groups in total. The summed E-state index contributed by atoms with van der Waals surface area (Å²) in [5.41, 5.74) is 5.14. The molecule has 0 atom stereocenters. The maximum absolute atomic E-state index is 12.0. The van der Waals surface area contributed by atoms with Gasteiger partial charge in [0.25, 0.3) is 5.91 Å².